The molecule has 0 atom stereocenters. The summed E-state index contributed by atoms with van der Waals surface area (Å²) in [6.07, 6.45) is 5.02. The van der Waals surface area contributed by atoms with Gasteiger partial charge in [-0.2, -0.15) is 5.10 Å². The molecule has 0 saturated carbocycles. The number of pyridine rings is 1. The lowest BCUT2D eigenvalue weighted by atomic mass is 10.2. The summed E-state index contributed by atoms with van der Waals surface area (Å²) >= 11 is 0. The van der Waals surface area contributed by atoms with Crippen molar-refractivity contribution in [1.82, 2.24) is 20.5 Å². The van der Waals surface area contributed by atoms with Crippen molar-refractivity contribution < 1.29 is 13.6 Å². The molecule has 3 heterocycles. The predicted octanol–water partition coefficient (Wildman–Crippen LogP) is 3.79. The third-order valence-corrected chi connectivity index (χ3v) is 3.95. The van der Waals surface area contributed by atoms with Gasteiger partial charge < -0.3 is 9.73 Å². The number of aromatic amines is 1. The molecule has 0 radical (unpaired) electrons. The lowest BCUT2D eigenvalue weighted by Gasteiger charge is -2.03. The Kier molecular flexibility index (Phi) is 4.49. The Bertz CT molecular complexity index is 1120. The first-order valence-electron chi connectivity index (χ1n) is 8.28. The fraction of sp³-hybridized carbons (Fsp3) is 0.0500. The summed E-state index contributed by atoms with van der Waals surface area (Å²) in [5.41, 5.74) is 2.81. The van der Waals surface area contributed by atoms with E-state index in [9.17, 15) is 9.18 Å². The largest absolute Gasteiger partial charge is 0.467 e. The molecule has 27 heavy (non-hydrogen) atoms. The van der Waals surface area contributed by atoms with Crippen LogP contribution in [0.15, 0.2) is 59.2 Å². The number of carbonyl (C=O) groups is 1. The van der Waals surface area contributed by atoms with Crippen molar-refractivity contribution in [3.05, 3.63) is 83.3 Å². The number of fused-ring (bicyclic) bond motifs is 1. The SMILES string of the molecule is O=C(NCc1ccco1)c1ccc2[nH]nc(/C=C/c3cccc(F)c3)c2n1. The monoisotopic (exact) mass is 362 g/mol. The van der Waals surface area contributed by atoms with E-state index in [0.29, 0.717) is 28.1 Å². The van der Waals surface area contributed by atoms with Crippen molar-refractivity contribution in [3.63, 3.8) is 0 Å². The summed E-state index contributed by atoms with van der Waals surface area (Å²) in [4.78, 5) is 16.7. The molecule has 0 aliphatic rings. The van der Waals surface area contributed by atoms with E-state index in [0.717, 1.165) is 0 Å². The van der Waals surface area contributed by atoms with Crippen LogP contribution < -0.4 is 5.32 Å². The van der Waals surface area contributed by atoms with E-state index in [4.69, 9.17) is 4.42 Å². The van der Waals surface area contributed by atoms with E-state index in [1.807, 2.05) is 0 Å². The Hall–Kier alpha value is -3.74. The molecule has 2 N–H and O–H groups in total. The molecule has 3 aromatic heterocycles. The first-order valence-corrected chi connectivity index (χ1v) is 8.28. The minimum atomic E-state index is -0.311. The van der Waals surface area contributed by atoms with Crippen LogP contribution in [0.2, 0.25) is 0 Å². The zero-order valence-corrected chi connectivity index (χ0v) is 14.1. The van der Waals surface area contributed by atoms with Crippen LogP contribution in [0.3, 0.4) is 0 Å². The Labute approximate surface area is 153 Å². The topological polar surface area (TPSA) is 83.8 Å². The predicted molar refractivity (Wildman–Crippen MR) is 99.1 cm³/mol. The van der Waals surface area contributed by atoms with Gasteiger partial charge >= 0.3 is 0 Å². The van der Waals surface area contributed by atoms with Crippen LogP contribution in [0.4, 0.5) is 4.39 Å². The average Bonchev–Trinajstić information content (AvgIpc) is 3.34. The molecular weight excluding hydrogens is 347 g/mol. The molecule has 0 aliphatic heterocycles. The average molecular weight is 362 g/mol. The van der Waals surface area contributed by atoms with Gasteiger partial charge in [0.1, 0.15) is 28.5 Å². The first kappa shape index (κ1) is 16.7. The zero-order chi connectivity index (χ0) is 18.6. The van der Waals surface area contributed by atoms with Crippen molar-refractivity contribution in [2.24, 2.45) is 0 Å². The number of aromatic nitrogens is 3. The molecule has 0 saturated heterocycles. The van der Waals surface area contributed by atoms with Gasteiger partial charge in [-0.25, -0.2) is 9.37 Å². The zero-order valence-electron chi connectivity index (χ0n) is 14.1. The number of furan rings is 1. The van der Waals surface area contributed by atoms with Gasteiger partial charge in [0.05, 0.1) is 18.3 Å². The van der Waals surface area contributed by atoms with E-state index in [1.165, 1.54) is 12.1 Å². The number of hydrogen-bond acceptors (Lipinski definition) is 4. The number of nitrogens with one attached hydrogen (secondary N) is 2. The second kappa shape index (κ2) is 7.25. The number of H-pyrrole nitrogens is 1. The molecular formula is C20H15FN4O2. The van der Waals surface area contributed by atoms with Crippen molar-refractivity contribution in [2.75, 3.05) is 0 Å². The van der Waals surface area contributed by atoms with Crippen LogP contribution in [-0.2, 0) is 6.54 Å². The van der Waals surface area contributed by atoms with Crippen molar-refractivity contribution >= 4 is 29.1 Å². The first-order chi connectivity index (χ1) is 13.2. The van der Waals surface area contributed by atoms with Gasteiger partial charge in [0.2, 0.25) is 0 Å². The fourth-order valence-corrected chi connectivity index (χ4v) is 2.62. The molecule has 0 bridgehead atoms. The van der Waals surface area contributed by atoms with Crippen LogP contribution in [0, 0.1) is 5.82 Å². The third-order valence-electron chi connectivity index (χ3n) is 3.95. The molecule has 7 heteroatoms. The Morgan fingerprint density at radius 3 is 2.93 bits per heavy atom. The quantitative estimate of drug-likeness (QED) is 0.566. The van der Waals surface area contributed by atoms with Gasteiger partial charge in [0.25, 0.3) is 5.91 Å². The van der Waals surface area contributed by atoms with Gasteiger partial charge in [-0.15, -0.1) is 0 Å². The Morgan fingerprint density at radius 1 is 1.19 bits per heavy atom. The number of halogens is 1. The molecule has 6 nitrogen and oxygen atoms in total. The summed E-state index contributed by atoms with van der Waals surface area (Å²) in [7, 11) is 0. The Balaban J connectivity index is 1.56. The summed E-state index contributed by atoms with van der Waals surface area (Å²) in [6.45, 7) is 0.281. The second-order valence-electron chi connectivity index (χ2n) is 5.85. The van der Waals surface area contributed by atoms with E-state index in [1.54, 1.807) is 54.8 Å². The lowest BCUT2D eigenvalue weighted by molar-refractivity contribution is 0.0943. The summed E-state index contributed by atoms with van der Waals surface area (Å²) < 4.78 is 18.5. The van der Waals surface area contributed by atoms with Crippen molar-refractivity contribution in [3.8, 4) is 0 Å². The van der Waals surface area contributed by atoms with Gasteiger partial charge in [0.15, 0.2) is 0 Å². The van der Waals surface area contributed by atoms with Crippen LogP contribution in [0.1, 0.15) is 27.5 Å². The smallest absolute Gasteiger partial charge is 0.270 e. The number of hydrogen-bond donors (Lipinski definition) is 2. The standard InChI is InChI=1S/C20H15FN4O2/c21-14-4-1-3-13(11-14)6-7-16-19-17(25-24-16)8-9-18(23-19)20(26)22-12-15-5-2-10-27-15/h1-11H,12H2,(H,22,26)(H,24,25)/b7-6+. The molecule has 0 aliphatic carbocycles. The number of rotatable bonds is 5. The fourth-order valence-electron chi connectivity index (χ4n) is 2.62. The maximum absolute atomic E-state index is 13.3. The molecule has 0 unspecified atom stereocenters. The number of nitrogens with zero attached hydrogens (tertiary/aromatic N) is 2. The van der Waals surface area contributed by atoms with Gasteiger partial charge in [0, 0.05) is 0 Å². The number of amides is 1. The maximum Gasteiger partial charge on any atom is 0.270 e. The molecule has 134 valence electrons. The van der Waals surface area contributed by atoms with Crippen LogP contribution in [-0.4, -0.2) is 21.1 Å². The summed E-state index contributed by atoms with van der Waals surface area (Å²) in [5.74, 6) is 0.0405. The van der Waals surface area contributed by atoms with E-state index in [-0.39, 0.29) is 24.0 Å². The highest BCUT2D eigenvalue weighted by Crippen LogP contribution is 2.17. The van der Waals surface area contributed by atoms with E-state index >= 15 is 0 Å². The van der Waals surface area contributed by atoms with E-state index in [2.05, 4.69) is 20.5 Å². The van der Waals surface area contributed by atoms with Crippen molar-refractivity contribution in [1.29, 1.82) is 0 Å². The van der Waals surface area contributed by atoms with Gasteiger partial charge in [-0.1, -0.05) is 18.2 Å². The minimum absolute atomic E-state index is 0.274. The number of carbonyl (C=O) groups excluding carboxylic acids is 1. The molecule has 4 aromatic rings. The summed E-state index contributed by atoms with van der Waals surface area (Å²) in [6, 6.07) is 13.1. The summed E-state index contributed by atoms with van der Waals surface area (Å²) in [5, 5.41) is 9.83. The molecule has 1 amide bonds. The Morgan fingerprint density at radius 2 is 2.11 bits per heavy atom. The lowest BCUT2D eigenvalue weighted by Crippen LogP contribution is -2.23. The molecule has 1 aromatic carbocycles. The highest BCUT2D eigenvalue weighted by Gasteiger charge is 2.12. The normalized spacial score (nSPS) is 11.3. The molecule has 0 spiro atoms. The maximum atomic E-state index is 13.3. The van der Waals surface area contributed by atoms with E-state index < -0.39 is 0 Å². The molecule has 0 fully saturated rings. The minimum Gasteiger partial charge on any atom is -0.467 e. The molecule has 4 rings (SSSR count). The highest BCUT2D eigenvalue weighted by atomic mass is 19.1. The van der Waals surface area contributed by atoms with Gasteiger partial charge in [-0.05, 0) is 48.0 Å². The highest BCUT2D eigenvalue weighted by molar-refractivity contribution is 5.95. The van der Waals surface area contributed by atoms with Crippen molar-refractivity contribution in [2.45, 2.75) is 6.54 Å². The second-order valence-corrected chi connectivity index (χ2v) is 5.85. The van der Waals surface area contributed by atoms with Crippen LogP contribution in [0.5, 0.6) is 0 Å². The van der Waals surface area contributed by atoms with Crippen LogP contribution in [0.25, 0.3) is 23.2 Å². The van der Waals surface area contributed by atoms with Crippen LogP contribution >= 0.6 is 0 Å². The van der Waals surface area contributed by atoms with Gasteiger partial charge in [-0.3, -0.25) is 9.89 Å². The number of benzene rings is 1. The third kappa shape index (κ3) is 3.77.